The van der Waals surface area contributed by atoms with Crippen molar-refractivity contribution in [3.05, 3.63) is 63.9 Å². The van der Waals surface area contributed by atoms with Crippen LogP contribution in [0.25, 0.3) is 0 Å². The summed E-state index contributed by atoms with van der Waals surface area (Å²) in [7, 11) is 0. The molecule has 2 aromatic carbocycles. The Kier molecular flexibility index (Phi) is 4.16. The van der Waals surface area contributed by atoms with Gasteiger partial charge in [-0.1, -0.05) is 29.8 Å². The molecule has 1 atom stereocenters. The molecular formula is C18H19ClFN. The smallest absolute Gasteiger partial charge is 0.146 e. The highest BCUT2D eigenvalue weighted by Crippen LogP contribution is 2.28. The first-order valence-corrected chi connectivity index (χ1v) is 7.84. The van der Waals surface area contributed by atoms with E-state index in [2.05, 4.69) is 23.5 Å². The zero-order chi connectivity index (χ0) is 14.8. The third-order valence-corrected chi connectivity index (χ3v) is 4.41. The summed E-state index contributed by atoms with van der Waals surface area (Å²) in [6, 6.07) is 11.3. The number of halogens is 2. The lowest BCUT2D eigenvalue weighted by Crippen LogP contribution is -2.10. The average Bonchev–Trinajstić information content (AvgIpc) is 2.50. The van der Waals surface area contributed by atoms with Crippen molar-refractivity contribution in [3.63, 3.8) is 0 Å². The Bertz CT molecular complexity index is 654. The van der Waals surface area contributed by atoms with Gasteiger partial charge in [0.15, 0.2) is 0 Å². The van der Waals surface area contributed by atoms with Crippen molar-refractivity contribution in [1.82, 2.24) is 0 Å². The molecule has 0 aliphatic heterocycles. The van der Waals surface area contributed by atoms with Crippen LogP contribution in [-0.2, 0) is 12.8 Å². The van der Waals surface area contributed by atoms with Gasteiger partial charge in [0.1, 0.15) is 5.82 Å². The minimum atomic E-state index is -0.274. The van der Waals surface area contributed by atoms with Crippen LogP contribution in [0.5, 0.6) is 0 Å². The summed E-state index contributed by atoms with van der Waals surface area (Å²) in [6.45, 7) is 2.05. The van der Waals surface area contributed by atoms with Gasteiger partial charge in [-0.3, -0.25) is 0 Å². The van der Waals surface area contributed by atoms with Crippen molar-refractivity contribution in [2.75, 3.05) is 5.32 Å². The fraction of sp³-hybridized carbons (Fsp3) is 0.333. The van der Waals surface area contributed by atoms with E-state index in [9.17, 15) is 4.39 Å². The Hall–Kier alpha value is -1.54. The molecule has 0 aromatic heterocycles. The molecule has 21 heavy (non-hydrogen) atoms. The van der Waals surface area contributed by atoms with E-state index in [1.165, 1.54) is 42.0 Å². The molecule has 0 spiro atoms. The lowest BCUT2D eigenvalue weighted by molar-refractivity contribution is 0.627. The van der Waals surface area contributed by atoms with Gasteiger partial charge in [-0.05, 0) is 67.5 Å². The van der Waals surface area contributed by atoms with Gasteiger partial charge in [0.2, 0.25) is 0 Å². The standard InChI is InChI=1S/C18H19ClFN/c1-12(21-18-11-16(19)8-9-17(18)20)14-7-6-13-4-2-3-5-15(13)10-14/h6-12,21H,2-5H2,1H3. The highest BCUT2D eigenvalue weighted by Gasteiger charge is 2.13. The van der Waals surface area contributed by atoms with Crippen LogP contribution in [0.15, 0.2) is 36.4 Å². The largest absolute Gasteiger partial charge is 0.376 e. The van der Waals surface area contributed by atoms with Crippen LogP contribution in [0.1, 0.15) is 42.5 Å². The van der Waals surface area contributed by atoms with Crippen LogP contribution in [-0.4, -0.2) is 0 Å². The molecule has 1 unspecified atom stereocenters. The molecule has 0 heterocycles. The summed E-state index contributed by atoms with van der Waals surface area (Å²) in [6.07, 6.45) is 4.89. The van der Waals surface area contributed by atoms with E-state index >= 15 is 0 Å². The quantitative estimate of drug-likeness (QED) is 0.786. The molecule has 0 saturated heterocycles. The van der Waals surface area contributed by atoms with E-state index in [1.54, 1.807) is 12.1 Å². The van der Waals surface area contributed by atoms with Crippen molar-refractivity contribution >= 4 is 17.3 Å². The van der Waals surface area contributed by atoms with Gasteiger partial charge in [0.25, 0.3) is 0 Å². The van der Waals surface area contributed by atoms with E-state index in [-0.39, 0.29) is 11.9 Å². The Morgan fingerprint density at radius 2 is 1.81 bits per heavy atom. The first-order valence-electron chi connectivity index (χ1n) is 7.47. The summed E-state index contributed by atoms with van der Waals surface area (Å²) in [5.74, 6) is -0.274. The maximum absolute atomic E-state index is 13.8. The molecule has 3 heteroatoms. The number of benzene rings is 2. The summed E-state index contributed by atoms with van der Waals surface area (Å²) < 4.78 is 13.8. The maximum atomic E-state index is 13.8. The number of hydrogen-bond acceptors (Lipinski definition) is 1. The minimum absolute atomic E-state index is 0.0465. The van der Waals surface area contributed by atoms with E-state index < -0.39 is 0 Å². The van der Waals surface area contributed by atoms with Crippen molar-refractivity contribution in [1.29, 1.82) is 0 Å². The van der Waals surface area contributed by atoms with Gasteiger partial charge in [-0.25, -0.2) is 4.39 Å². The van der Waals surface area contributed by atoms with E-state index in [0.717, 1.165) is 6.42 Å². The fourth-order valence-corrected chi connectivity index (χ4v) is 3.12. The Morgan fingerprint density at radius 1 is 1.05 bits per heavy atom. The number of rotatable bonds is 3. The van der Waals surface area contributed by atoms with Gasteiger partial charge in [0, 0.05) is 11.1 Å². The molecule has 1 N–H and O–H groups in total. The Morgan fingerprint density at radius 3 is 2.62 bits per heavy atom. The van der Waals surface area contributed by atoms with Crippen LogP contribution in [0.2, 0.25) is 5.02 Å². The molecule has 1 aliphatic rings. The molecular weight excluding hydrogens is 285 g/mol. The molecule has 0 bridgehead atoms. The van der Waals surface area contributed by atoms with E-state index in [4.69, 9.17) is 11.6 Å². The summed E-state index contributed by atoms with van der Waals surface area (Å²) >= 11 is 5.93. The SMILES string of the molecule is CC(Nc1cc(Cl)ccc1F)c1ccc2c(c1)CCCC2. The van der Waals surface area contributed by atoms with Crippen LogP contribution in [0.4, 0.5) is 10.1 Å². The lowest BCUT2D eigenvalue weighted by Gasteiger charge is -2.21. The molecule has 0 amide bonds. The predicted octanol–water partition coefficient (Wildman–Crippen LogP) is 5.53. The average molecular weight is 304 g/mol. The first-order chi connectivity index (χ1) is 10.1. The summed E-state index contributed by atoms with van der Waals surface area (Å²) in [4.78, 5) is 0. The number of anilines is 1. The molecule has 0 radical (unpaired) electrons. The first kappa shape index (κ1) is 14.4. The second-order valence-electron chi connectivity index (χ2n) is 5.73. The van der Waals surface area contributed by atoms with Crippen LogP contribution >= 0.6 is 11.6 Å². The predicted molar refractivity (Wildman–Crippen MR) is 86.5 cm³/mol. The van der Waals surface area contributed by atoms with Gasteiger partial charge in [-0.15, -0.1) is 0 Å². The number of hydrogen-bond donors (Lipinski definition) is 1. The van der Waals surface area contributed by atoms with E-state index in [0.29, 0.717) is 10.7 Å². The van der Waals surface area contributed by atoms with Crippen molar-refractivity contribution < 1.29 is 4.39 Å². The summed E-state index contributed by atoms with van der Waals surface area (Å²) in [5, 5.41) is 3.75. The number of nitrogens with one attached hydrogen (secondary N) is 1. The molecule has 1 nitrogen and oxygen atoms in total. The molecule has 0 saturated carbocycles. The zero-order valence-corrected chi connectivity index (χ0v) is 12.9. The normalized spacial score (nSPS) is 15.4. The third kappa shape index (κ3) is 3.21. The topological polar surface area (TPSA) is 12.0 Å². The highest BCUT2D eigenvalue weighted by atomic mass is 35.5. The Balaban J connectivity index is 1.82. The zero-order valence-electron chi connectivity index (χ0n) is 12.1. The van der Waals surface area contributed by atoms with Crippen LogP contribution in [0.3, 0.4) is 0 Å². The van der Waals surface area contributed by atoms with Crippen molar-refractivity contribution in [2.45, 2.75) is 38.6 Å². The molecule has 0 fully saturated rings. The number of fused-ring (bicyclic) bond motifs is 1. The van der Waals surface area contributed by atoms with Crippen LogP contribution in [0, 0.1) is 5.82 Å². The second-order valence-corrected chi connectivity index (χ2v) is 6.16. The van der Waals surface area contributed by atoms with Gasteiger partial charge in [0.05, 0.1) is 5.69 Å². The van der Waals surface area contributed by atoms with Gasteiger partial charge < -0.3 is 5.32 Å². The minimum Gasteiger partial charge on any atom is -0.376 e. The maximum Gasteiger partial charge on any atom is 0.146 e. The molecule has 1 aliphatic carbocycles. The second kappa shape index (κ2) is 6.07. The third-order valence-electron chi connectivity index (χ3n) is 4.17. The fourth-order valence-electron chi connectivity index (χ4n) is 2.95. The molecule has 2 aromatic rings. The highest BCUT2D eigenvalue weighted by molar-refractivity contribution is 6.30. The summed E-state index contributed by atoms with van der Waals surface area (Å²) in [5.41, 5.74) is 4.55. The monoisotopic (exact) mass is 303 g/mol. The molecule has 110 valence electrons. The lowest BCUT2D eigenvalue weighted by atomic mass is 9.89. The van der Waals surface area contributed by atoms with Gasteiger partial charge in [-0.2, -0.15) is 0 Å². The van der Waals surface area contributed by atoms with Gasteiger partial charge >= 0.3 is 0 Å². The molecule has 3 rings (SSSR count). The van der Waals surface area contributed by atoms with Crippen LogP contribution < -0.4 is 5.32 Å². The van der Waals surface area contributed by atoms with Crippen molar-refractivity contribution in [2.24, 2.45) is 0 Å². The van der Waals surface area contributed by atoms with E-state index in [1.807, 2.05) is 6.92 Å². The van der Waals surface area contributed by atoms with Crippen molar-refractivity contribution in [3.8, 4) is 0 Å². The Labute approximate surface area is 130 Å². The number of aryl methyl sites for hydroxylation is 2.